The van der Waals surface area contributed by atoms with E-state index in [-0.39, 0.29) is 13.1 Å². The summed E-state index contributed by atoms with van der Waals surface area (Å²) in [5, 5.41) is 0. The first kappa shape index (κ1) is 10.8. The Morgan fingerprint density at radius 2 is 1.31 bits per heavy atom. The molecule has 2 aliphatic heterocycles. The van der Waals surface area contributed by atoms with Gasteiger partial charge in [0.25, 0.3) is 29.0 Å². The van der Waals surface area contributed by atoms with Gasteiger partial charge in [-0.25, -0.2) is 0 Å². The van der Waals surface area contributed by atoms with E-state index in [0.29, 0.717) is 6.42 Å². The van der Waals surface area contributed by atoms with Crippen molar-refractivity contribution in [2.24, 2.45) is 5.41 Å². The zero-order valence-electron chi connectivity index (χ0n) is 9.15. The molecule has 0 aromatic rings. The van der Waals surface area contributed by atoms with Crippen molar-refractivity contribution in [3.63, 3.8) is 0 Å². The number of likely N-dealkylation sites (tertiary alicyclic amines) is 2. The molecule has 0 atom stereocenters. The monoisotopic (exact) mass is 224 g/mol. The molecule has 1 spiro atoms. The van der Waals surface area contributed by atoms with E-state index in [0.717, 1.165) is 9.80 Å². The fourth-order valence-corrected chi connectivity index (χ4v) is 2.15. The van der Waals surface area contributed by atoms with Gasteiger partial charge in [-0.1, -0.05) is 6.92 Å². The van der Waals surface area contributed by atoms with Gasteiger partial charge in [0.15, 0.2) is 0 Å². The minimum Gasteiger partial charge on any atom is -0.279 e. The van der Waals surface area contributed by atoms with Gasteiger partial charge in [-0.15, -0.1) is 0 Å². The van der Waals surface area contributed by atoms with E-state index >= 15 is 0 Å². The Kier molecular flexibility index (Phi) is 2.11. The molecule has 4 amide bonds. The maximum Gasteiger partial charge on any atom is 0.284 e. The number of carbonyl (C=O) groups is 4. The largest absolute Gasteiger partial charge is 0.284 e. The van der Waals surface area contributed by atoms with Gasteiger partial charge in [0.05, 0.1) is 0 Å². The van der Waals surface area contributed by atoms with E-state index in [1.165, 1.54) is 0 Å². The zero-order valence-corrected chi connectivity index (χ0v) is 9.15. The molecule has 2 saturated heterocycles. The van der Waals surface area contributed by atoms with Gasteiger partial charge in [0.1, 0.15) is 0 Å². The molecule has 0 saturated carbocycles. The van der Waals surface area contributed by atoms with Crippen LogP contribution >= 0.6 is 0 Å². The quantitative estimate of drug-likeness (QED) is 0.462. The number of carbonyl (C=O) groups excluding carboxylic acids is 4. The minimum atomic E-state index is -1.98. The van der Waals surface area contributed by atoms with Crippen molar-refractivity contribution in [3.8, 4) is 0 Å². The maximum atomic E-state index is 11.7. The van der Waals surface area contributed by atoms with E-state index in [9.17, 15) is 19.2 Å². The van der Waals surface area contributed by atoms with Gasteiger partial charge in [0.2, 0.25) is 0 Å². The summed E-state index contributed by atoms with van der Waals surface area (Å²) in [7, 11) is 0. The van der Waals surface area contributed by atoms with Gasteiger partial charge < -0.3 is 0 Å². The van der Waals surface area contributed by atoms with Crippen molar-refractivity contribution in [3.05, 3.63) is 0 Å². The highest BCUT2D eigenvalue weighted by molar-refractivity contribution is 6.52. The maximum absolute atomic E-state index is 11.7. The fraction of sp³-hybridized carbons (Fsp3) is 0.600. The predicted molar refractivity (Wildman–Crippen MR) is 51.8 cm³/mol. The normalized spacial score (nSPS) is 22.6. The van der Waals surface area contributed by atoms with Crippen LogP contribution in [0.25, 0.3) is 0 Å². The molecule has 2 heterocycles. The Balaban J connectivity index is 2.26. The summed E-state index contributed by atoms with van der Waals surface area (Å²) >= 11 is 0. The summed E-state index contributed by atoms with van der Waals surface area (Å²) in [4.78, 5) is 48.5. The smallest absolute Gasteiger partial charge is 0.279 e. The van der Waals surface area contributed by atoms with Crippen molar-refractivity contribution in [1.29, 1.82) is 0 Å². The lowest BCUT2D eigenvalue weighted by molar-refractivity contribution is -0.199. The van der Waals surface area contributed by atoms with Crippen LogP contribution in [0.3, 0.4) is 0 Å². The SMILES string of the molecule is CCCN1C(=O)C2(C(=O)N(CC)C2=O)C1=O. The number of β-lactam (4-membered cyclic amide) rings is 4. The number of nitrogens with zero attached hydrogens (tertiary/aromatic N) is 2. The summed E-state index contributed by atoms with van der Waals surface area (Å²) in [6.45, 7) is 3.91. The number of rotatable bonds is 3. The van der Waals surface area contributed by atoms with E-state index in [2.05, 4.69) is 0 Å². The lowest BCUT2D eigenvalue weighted by atomic mass is 9.69. The van der Waals surface area contributed by atoms with Crippen LogP contribution in [0.15, 0.2) is 0 Å². The van der Waals surface area contributed by atoms with Gasteiger partial charge >= 0.3 is 0 Å². The van der Waals surface area contributed by atoms with Crippen LogP contribution in [0.2, 0.25) is 0 Å². The van der Waals surface area contributed by atoms with Crippen LogP contribution in [0.4, 0.5) is 0 Å². The van der Waals surface area contributed by atoms with Crippen LogP contribution in [0.5, 0.6) is 0 Å². The Morgan fingerprint density at radius 1 is 0.875 bits per heavy atom. The fourth-order valence-electron chi connectivity index (χ4n) is 2.15. The number of hydrogen-bond acceptors (Lipinski definition) is 4. The first-order chi connectivity index (χ1) is 7.53. The molecule has 6 heteroatoms. The van der Waals surface area contributed by atoms with E-state index < -0.39 is 29.0 Å². The molecule has 2 fully saturated rings. The second-order valence-corrected chi connectivity index (χ2v) is 3.87. The molecule has 0 aliphatic carbocycles. The highest BCUT2D eigenvalue weighted by Crippen LogP contribution is 2.44. The summed E-state index contributed by atoms with van der Waals surface area (Å²) in [6.07, 6.45) is 0.618. The molecule has 0 aromatic heterocycles. The van der Waals surface area contributed by atoms with Crippen molar-refractivity contribution in [1.82, 2.24) is 9.80 Å². The Morgan fingerprint density at radius 3 is 1.69 bits per heavy atom. The van der Waals surface area contributed by atoms with Gasteiger partial charge in [-0.05, 0) is 13.3 Å². The Labute approximate surface area is 92.2 Å². The molecule has 0 aromatic carbocycles. The zero-order chi connectivity index (χ0) is 12.1. The van der Waals surface area contributed by atoms with Crippen molar-refractivity contribution in [2.45, 2.75) is 20.3 Å². The van der Waals surface area contributed by atoms with Crippen LogP contribution in [0.1, 0.15) is 20.3 Å². The highest BCUT2D eigenvalue weighted by atomic mass is 16.2. The molecule has 16 heavy (non-hydrogen) atoms. The second kappa shape index (κ2) is 3.13. The molecule has 0 unspecified atom stereocenters. The first-order valence-corrected chi connectivity index (χ1v) is 5.26. The van der Waals surface area contributed by atoms with E-state index in [1.807, 2.05) is 6.92 Å². The lowest BCUT2D eigenvalue weighted by Crippen LogP contribution is -2.84. The summed E-state index contributed by atoms with van der Waals surface area (Å²) in [5.74, 6) is -2.64. The van der Waals surface area contributed by atoms with Gasteiger partial charge in [-0.2, -0.15) is 0 Å². The number of hydrogen-bond donors (Lipinski definition) is 0. The van der Waals surface area contributed by atoms with Gasteiger partial charge in [0, 0.05) is 13.1 Å². The summed E-state index contributed by atoms with van der Waals surface area (Å²) in [6, 6.07) is 0. The van der Waals surface area contributed by atoms with E-state index in [4.69, 9.17) is 0 Å². The van der Waals surface area contributed by atoms with E-state index in [1.54, 1.807) is 6.92 Å². The van der Waals surface area contributed by atoms with Gasteiger partial charge in [-0.3, -0.25) is 29.0 Å². The van der Waals surface area contributed by atoms with Crippen LogP contribution in [-0.2, 0) is 19.2 Å². The molecule has 0 bridgehead atoms. The standard InChI is InChI=1S/C10H12N2O4/c1-3-5-12-8(15)10(9(12)16)6(13)11(4-2)7(10)14/h3-5H2,1-2H3. The average Bonchev–Trinajstić information content (AvgIpc) is 2.27. The predicted octanol–water partition coefficient (Wildman–Crippen LogP) is -0.860. The minimum absolute atomic E-state index is 0.202. The third kappa shape index (κ3) is 0.834. The van der Waals surface area contributed by atoms with Crippen molar-refractivity contribution in [2.75, 3.05) is 13.1 Å². The third-order valence-corrected chi connectivity index (χ3v) is 3.03. The third-order valence-electron chi connectivity index (χ3n) is 3.03. The topological polar surface area (TPSA) is 74.8 Å². The summed E-state index contributed by atoms with van der Waals surface area (Å²) < 4.78 is 0. The van der Waals surface area contributed by atoms with Crippen LogP contribution < -0.4 is 0 Å². The molecule has 2 aliphatic rings. The molecule has 2 rings (SSSR count). The molecule has 6 nitrogen and oxygen atoms in total. The molecular weight excluding hydrogens is 212 g/mol. The average molecular weight is 224 g/mol. The molecule has 0 N–H and O–H groups in total. The number of imide groups is 2. The highest BCUT2D eigenvalue weighted by Gasteiger charge is 2.79. The Bertz CT molecular complexity index is 381. The number of amides is 4. The van der Waals surface area contributed by atoms with Crippen LogP contribution in [-0.4, -0.2) is 46.5 Å². The van der Waals surface area contributed by atoms with Crippen molar-refractivity contribution >= 4 is 23.6 Å². The van der Waals surface area contributed by atoms with Crippen molar-refractivity contribution < 1.29 is 19.2 Å². The molecule has 86 valence electrons. The molecular formula is C10H12N2O4. The summed E-state index contributed by atoms with van der Waals surface area (Å²) in [5.41, 5.74) is -1.98. The first-order valence-electron chi connectivity index (χ1n) is 5.26. The Hall–Kier alpha value is -1.72. The lowest BCUT2D eigenvalue weighted by Gasteiger charge is -2.52. The van der Waals surface area contributed by atoms with Crippen LogP contribution in [0, 0.1) is 5.41 Å². The molecule has 0 radical (unpaired) electrons. The second-order valence-electron chi connectivity index (χ2n) is 3.87.